The van der Waals surface area contributed by atoms with E-state index in [1.165, 1.54) is 6.33 Å². The van der Waals surface area contributed by atoms with Crippen molar-refractivity contribution in [3.05, 3.63) is 83.6 Å². The maximum atomic E-state index is 13.1. The van der Waals surface area contributed by atoms with Gasteiger partial charge in [0.1, 0.15) is 12.2 Å². The summed E-state index contributed by atoms with van der Waals surface area (Å²) in [5, 5.41) is 7.29. The summed E-state index contributed by atoms with van der Waals surface area (Å²) >= 11 is 0. The van der Waals surface area contributed by atoms with E-state index >= 15 is 0 Å². The SMILES string of the molecule is COCCc1ncnn1-c1cc(C(=O)NCc2cnc(C)cn2)cc(-c2ccc(C)cn2)c1. The number of amides is 1. The second-order valence-electron chi connectivity index (χ2n) is 7.65. The van der Waals surface area contributed by atoms with E-state index in [0.717, 1.165) is 34.0 Å². The molecule has 0 unspecified atom stereocenters. The summed E-state index contributed by atoms with van der Waals surface area (Å²) in [7, 11) is 1.64. The van der Waals surface area contributed by atoms with Crippen LogP contribution in [-0.2, 0) is 17.7 Å². The number of nitrogens with zero attached hydrogens (tertiary/aromatic N) is 6. The summed E-state index contributed by atoms with van der Waals surface area (Å²) in [5.74, 6) is 0.512. The number of pyridine rings is 1. The molecule has 9 nitrogen and oxygen atoms in total. The molecule has 3 aromatic heterocycles. The first kappa shape index (κ1) is 22.2. The Bertz CT molecular complexity index is 1230. The van der Waals surface area contributed by atoms with Crippen molar-refractivity contribution < 1.29 is 9.53 Å². The summed E-state index contributed by atoms with van der Waals surface area (Å²) in [6.45, 7) is 4.64. The molecule has 0 bridgehead atoms. The Morgan fingerprint density at radius 1 is 1.03 bits per heavy atom. The van der Waals surface area contributed by atoms with Gasteiger partial charge < -0.3 is 10.1 Å². The highest BCUT2D eigenvalue weighted by atomic mass is 16.5. The number of carbonyl (C=O) groups excluding carboxylic acids is 1. The quantitative estimate of drug-likeness (QED) is 0.446. The van der Waals surface area contributed by atoms with Crippen molar-refractivity contribution >= 4 is 5.91 Å². The minimum atomic E-state index is -0.230. The minimum Gasteiger partial charge on any atom is -0.384 e. The van der Waals surface area contributed by atoms with Gasteiger partial charge in [0, 0.05) is 37.1 Å². The lowest BCUT2D eigenvalue weighted by atomic mass is 10.0. The predicted octanol–water partition coefficient (Wildman–Crippen LogP) is 2.86. The van der Waals surface area contributed by atoms with Crippen LogP contribution >= 0.6 is 0 Å². The van der Waals surface area contributed by atoms with Gasteiger partial charge in [-0.25, -0.2) is 9.67 Å². The van der Waals surface area contributed by atoms with Crippen LogP contribution in [-0.4, -0.2) is 49.3 Å². The summed E-state index contributed by atoms with van der Waals surface area (Å²) in [6.07, 6.45) is 7.23. The fourth-order valence-corrected chi connectivity index (χ4v) is 3.28. The number of methoxy groups -OCH3 is 1. The zero-order chi connectivity index (χ0) is 23.2. The lowest BCUT2D eigenvalue weighted by molar-refractivity contribution is 0.0950. The Labute approximate surface area is 191 Å². The van der Waals surface area contributed by atoms with Gasteiger partial charge in [-0.15, -0.1) is 0 Å². The van der Waals surface area contributed by atoms with E-state index in [9.17, 15) is 4.79 Å². The molecular weight excluding hydrogens is 418 g/mol. The van der Waals surface area contributed by atoms with E-state index in [0.29, 0.717) is 24.3 Å². The third-order valence-corrected chi connectivity index (χ3v) is 5.04. The molecule has 0 radical (unpaired) electrons. The third-order valence-electron chi connectivity index (χ3n) is 5.04. The van der Waals surface area contributed by atoms with Crippen LogP contribution in [0.1, 0.15) is 33.1 Å². The molecule has 0 atom stereocenters. The Balaban J connectivity index is 1.68. The van der Waals surface area contributed by atoms with E-state index in [1.54, 1.807) is 36.4 Å². The third kappa shape index (κ3) is 5.45. The normalized spacial score (nSPS) is 10.9. The Morgan fingerprint density at radius 3 is 2.64 bits per heavy atom. The number of rotatable bonds is 8. The highest BCUT2D eigenvalue weighted by Gasteiger charge is 2.15. The van der Waals surface area contributed by atoms with Crippen LogP contribution in [0.4, 0.5) is 0 Å². The molecule has 0 spiro atoms. The van der Waals surface area contributed by atoms with Crippen LogP contribution in [0.3, 0.4) is 0 Å². The van der Waals surface area contributed by atoms with Crippen molar-refractivity contribution in [3.63, 3.8) is 0 Å². The van der Waals surface area contributed by atoms with E-state index in [4.69, 9.17) is 4.74 Å². The Morgan fingerprint density at radius 2 is 1.91 bits per heavy atom. The molecule has 0 saturated carbocycles. The van der Waals surface area contributed by atoms with Gasteiger partial charge in [0.15, 0.2) is 0 Å². The molecule has 33 heavy (non-hydrogen) atoms. The largest absolute Gasteiger partial charge is 0.384 e. The molecule has 0 aliphatic carbocycles. The van der Waals surface area contributed by atoms with Crippen molar-refractivity contribution in [1.29, 1.82) is 0 Å². The molecule has 9 heteroatoms. The molecule has 1 amide bonds. The molecule has 168 valence electrons. The summed E-state index contributed by atoms with van der Waals surface area (Å²) in [6, 6.07) is 9.49. The van der Waals surface area contributed by atoms with Crippen molar-refractivity contribution in [3.8, 4) is 16.9 Å². The molecule has 0 saturated heterocycles. The van der Waals surface area contributed by atoms with Crippen molar-refractivity contribution in [2.75, 3.05) is 13.7 Å². The second-order valence-corrected chi connectivity index (χ2v) is 7.65. The predicted molar refractivity (Wildman–Crippen MR) is 123 cm³/mol. The first-order chi connectivity index (χ1) is 16.0. The highest BCUT2D eigenvalue weighted by molar-refractivity contribution is 5.96. The van der Waals surface area contributed by atoms with Crippen molar-refractivity contribution in [1.82, 2.24) is 35.0 Å². The maximum Gasteiger partial charge on any atom is 0.251 e. The number of carbonyl (C=O) groups is 1. The lowest BCUT2D eigenvalue weighted by Gasteiger charge is -2.12. The minimum absolute atomic E-state index is 0.230. The summed E-state index contributed by atoms with van der Waals surface area (Å²) < 4.78 is 6.91. The van der Waals surface area contributed by atoms with E-state index < -0.39 is 0 Å². The Kier molecular flexibility index (Phi) is 6.80. The molecule has 4 aromatic rings. The topological polar surface area (TPSA) is 108 Å². The van der Waals surface area contributed by atoms with Gasteiger partial charge in [-0.1, -0.05) is 6.07 Å². The van der Waals surface area contributed by atoms with Gasteiger partial charge in [-0.2, -0.15) is 5.10 Å². The number of nitrogens with one attached hydrogen (secondary N) is 1. The standard InChI is InChI=1S/C24H25N7O2/c1-16-4-5-22(27-11-16)18-8-19(24(32)28-14-20-13-25-17(2)12-26-20)10-21(9-18)31-23(6-7-33-3)29-15-30-31/h4-5,8-13,15H,6-7,14H2,1-3H3,(H,28,32). The van der Waals surface area contributed by atoms with Crippen LogP contribution in [0.25, 0.3) is 16.9 Å². The maximum absolute atomic E-state index is 13.1. The van der Waals surface area contributed by atoms with Crippen molar-refractivity contribution in [2.24, 2.45) is 0 Å². The average molecular weight is 444 g/mol. The van der Waals surface area contributed by atoms with Gasteiger partial charge in [-0.3, -0.25) is 19.7 Å². The van der Waals surface area contributed by atoms with Crippen LogP contribution < -0.4 is 5.32 Å². The zero-order valence-electron chi connectivity index (χ0n) is 18.8. The first-order valence-electron chi connectivity index (χ1n) is 10.6. The molecule has 1 aromatic carbocycles. The number of hydrogen-bond donors (Lipinski definition) is 1. The number of aromatic nitrogens is 6. The van der Waals surface area contributed by atoms with Crippen LogP contribution in [0.5, 0.6) is 0 Å². The van der Waals surface area contributed by atoms with Gasteiger partial charge in [0.25, 0.3) is 5.91 Å². The smallest absolute Gasteiger partial charge is 0.251 e. The first-order valence-corrected chi connectivity index (χ1v) is 10.6. The number of aryl methyl sites for hydroxylation is 2. The van der Waals surface area contributed by atoms with Crippen molar-refractivity contribution in [2.45, 2.75) is 26.8 Å². The molecule has 0 aliphatic rings. The summed E-state index contributed by atoms with van der Waals surface area (Å²) in [4.78, 5) is 30.4. The van der Waals surface area contributed by atoms with E-state index in [2.05, 4.69) is 30.4 Å². The number of ether oxygens (including phenoxy) is 1. The molecule has 0 fully saturated rings. The number of benzene rings is 1. The Hall–Kier alpha value is -3.98. The van der Waals surface area contributed by atoms with E-state index in [1.807, 2.05) is 38.1 Å². The fraction of sp³-hybridized carbons (Fsp3) is 0.250. The lowest BCUT2D eigenvalue weighted by Crippen LogP contribution is -2.23. The number of hydrogen-bond acceptors (Lipinski definition) is 7. The highest BCUT2D eigenvalue weighted by Crippen LogP contribution is 2.24. The zero-order valence-corrected chi connectivity index (χ0v) is 18.8. The molecular formula is C24H25N7O2. The second kappa shape index (κ2) is 10.1. The molecule has 3 heterocycles. The molecule has 4 rings (SSSR count). The monoisotopic (exact) mass is 443 g/mol. The fourth-order valence-electron chi connectivity index (χ4n) is 3.28. The van der Waals surface area contributed by atoms with Gasteiger partial charge >= 0.3 is 0 Å². The van der Waals surface area contributed by atoms with Gasteiger partial charge in [0.05, 0.1) is 42.1 Å². The molecule has 1 N–H and O–H groups in total. The van der Waals surface area contributed by atoms with E-state index in [-0.39, 0.29) is 12.5 Å². The van der Waals surface area contributed by atoms with Gasteiger partial charge in [-0.05, 0) is 43.7 Å². The van der Waals surface area contributed by atoms with Crippen LogP contribution in [0.15, 0.2) is 55.2 Å². The van der Waals surface area contributed by atoms with Crippen LogP contribution in [0, 0.1) is 13.8 Å². The average Bonchev–Trinajstić information content (AvgIpc) is 3.31. The molecule has 0 aliphatic heterocycles. The summed E-state index contributed by atoms with van der Waals surface area (Å²) in [5.41, 5.74) is 5.34. The van der Waals surface area contributed by atoms with Crippen LogP contribution in [0.2, 0.25) is 0 Å². The van der Waals surface area contributed by atoms with Gasteiger partial charge in [0.2, 0.25) is 0 Å².